The number of halogens is 1. The summed E-state index contributed by atoms with van der Waals surface area (Å²) in [7, 11) is 0. The first-order chi connectivity index (χ1) is 19.4. The first-order valence-electron chi connectivity index (χ1n) is 14.8. The van der Waals surface area contributed by atoms with Gasteiger partial charge in [-0.25, -0.2) is 4.39 Å². The number of hydrogen-bond donors (Lipinski definition) is 2. The molecule has 2 bridgehead atoms. The highest BCUT2D eigenvalue weighted by Crippen LogP contribution is 2.42. The van der Waals surface area contributed by atoms with Crippen LogP contribution in [0.25, 0.3) is 10.8 Å². The lowest BCUT2D eigenvalue weighted by molar-refractivity contribution is 0.0997. The van der Waals surface area contributed by atoms with Crippen LogP contribution in [0.1, 0.15) is 79.9 Å². The van der Waals surface area contributed by atoms with Crippen molar-refractivity contribution in [2.24, 2.45) is 0 Å². The molecule has 3 aromatic rings. The van der Waals surface area contributed by atoms with Crippen molar-refractivity contribution >= 4 is 28.2 Å². The summed E-state index contributed by atoms with van der Waals surface area (Å²) in [5, 5.41) is 15.6. The summed E-state index contributed by atoms with van der Waals surface area (Å²) in [6.07, 6.45) is 9.39. The summed E-state index contributed by atoms with van der Waals surface area (Å²) in [6, 6.07) is 7.13. The summed E-state index contributed by atoms with van der Waals surface area (Å²) in [5.41, 5.74) is 2.10. The lowest BCUT2D eigenvalue weighted by atomic mass is 9.89. The second kappa shape index (κ2) is 9.87. The lowest BCUT2D eigenvalue weighted by Gasteiger charge is -2.26. The van der Waals surface area contributed by atoms with E-state index >= 15 is 0 Å². The number of aryl methyl sites for hydroxylation is 1. The Kier molecular flexibility index (Phi) is 6.29. The van der Waals surface area contributed by atoms with Crippen molar-refractivity contribution in [2.45, 2.75) is 82.8 Å². The number of nitrogens with one attached hydrogen (secondary N) is 1. The maximum absolute atomic E-state index is 14.9. The van der Waals surface area contributed by atoms with Gasteiger partial charge in [0.15, 0.2) is 0 Å². The van der Waals surface area contributed by atoms with Gasteiger partial charge in [-0.1, -0.05) is 25.8 Å². The molecule has 3 fully saturated rings. The molecule has 0 aliphatic carbocycles. The lowest BCUT2D eigenvalue weighted by Crippen LogP contribution is -2.42. The minimum atomic E-state index is -0.319. The van der Waals surface area contributed by atoms with Gasteiger partial charge in [0.05, 0.1) is 23.5 Å². The molecule has 5 heterocycles. The molecule has 8 nitrogen and oxygen atoms in total. The molecule has 210 valence electrons. The Labute approximate surface area is 233 Å². The Morgan fingerprint density at radius 2 is 1.90 bits per heavy atom. The van der Waals surface area contributed by atoms with Gasteiger partial charge in [-0.2, -0.15) is 9.97 Å². The highest BCUT2D eigenvalue weighted by Gasteiger charge is 2.45. The molecule has 40 heavy (non-hydrogen) atoms. The molecular formula is C31H36FN5O3. The molecule has 4 aliphatic rings. The summed E-state index contributed by atoms with van der Waals surface area (Å²) in [6.45, 7) is 4.26. The van der Waals surface area contributed by atoms with E-state index in [4.69, 9.17) is 14.7 Å². The fourth-order valence-electron chi connectivity index (χ4n) is 7.25. The van der Waals surface area contributed by atoms with Gasteiger partial charge >= 0.3 is 6.01 Å². The van der Waals surface area contributed by atoms with Gasteiger partial charge in [-0.05, 0) is 68.0 Å². The quantitative estimate of drug-likeness (QED) is 0.438. The maximum Gasteiger partial charge on any atom is 0.318 e. The molecular weight excluding hydrogens is 509 g/mol. The van der Waals surface area contributed by atoms with Gasteiger partial charge in [0.1, 0.15) is 29.6 Å². The molecule has 1 amide bonds. The number of aromatic nitrogens is 2. The van der Waals surface area contributed by atoms with E-state index in [0.29, 0.717) is 64.2 Å². The van der Waals surface area contributed by atoms with Gasteiger partial charge < -0.3 is 25.0 Å². The van der Waals surface area contributed by atoms with Crippen molar-refractivity contribution in [1.82, 2.24) is 15.3 Å². The van der Waals surface area contributed by atoms with E-state index in [1.807, 2.05) is 6.92 Å². The first-order valence-corrected chi connectivity index (χ1v) is 14.8. The number of carbonyl (C=O) groups excluding carboxylic acids is 1. The van der Waals surface area contributed by atoms with Crippen LogP contribution in [0.2, 0.25) is 0 Å². The van der Waals surface area contributed by atoms with E-state index in [2.05, 4.69) is 10.2 Å². The fraction of sp³-hybridized carbons (Fsp3) is 0.516. The standard InChI is InChI=1S/C31H36FN5O3/c1-2-22-23(32)8-7-19-15-21(38)16-25(26(19)22)37-17-24-27(29(37)39)28(36-13-5-3-4-6-14-36)34-30(33-24)40-18-31-11-9-20(35-31)10-12-31/h7-8,15-16,20,35,38H,2-6,9-14,17-18H2,1H3. The highest BCUT2D eigenvalue weighted by molar-refractivity contribution is 6.16. The molecule has 2 aromatic carbocycles. The number of ether oxygens (including phenoxy) is 1. The molecule has 7 rings (SSSR count). The van der Waals surface area contributed by atoms with Crippen LogP contribution in [0.15, 0.2) is 24.3 Å². The molecule has 9 heteroatoms. The Bertz CT molecular complexity index is 1480. The van der Waals surface area contributed by atoms with Crippen LogP contribution in [0.4, 0.5) is 15.9 Å². The molecule has 0 atom stereocenters. The second-order valence-corrected chi connectivity index (χ2v) is 11.9. The number of carbonyl (C=O) groups is 1. The van der Waals surface area contributed by atoms with E-state index < -0.39 is 0 Å². The highest BCUT2D eigenvalue weighted by atomic mass is 19.1. The minimum Gasteiger partial charge on any atom is -0.508 e. The topological polar surface area (TPSA) is 90.8 Å². The van der Waals surface area contributed by atoms with E-state index in [1.54, 1.807) is 23.1 Å². The smallest absolute Gasteiger partial charge is 0.318 e. The molecule has 0 spiro atoms. The van der Waals surface area contributed by atoms with Crippen molar-refractivity contribution in [2.75, 3.05) is 29.5 Å². The molecule has 0 saturated carbocycles. The SMILES string of the molecule is CCc1c(F)ccc2cc(O)cc(N3Cc4nc(OCC56CCC(CC5)N6)nc(N5CCCCCC5)c4C3=O)c12. The summed E-state index contributed by atoms with van der Waals surface area (Å²) in [4.78, 5) is 27.6. The molecule has 3 saturated heterocycles. The normalized spacial score (nSPS) is 24.1. The second-order valence-electron chi connectivity index (χ2n) is 11.9. The Balaban J connectivity index is 1.30. The monoisotopic (exact) mass is 545 g/mol. The molecule has 0 radical (unpaired) electrons. The number of nitrogens with zero attached hydrogens (tertiary/aromatic N) is 4. The van der Waals surface area contributed by atoms with E-state index in [1.165, 1.54) is 18.9 Å². The summed E-state index contributed by atoms with van der Waals surface area (Å²) < 4.78 is 21.2. The summed E-state index contributed by atoms with van der Waals surface area (Å²) in [5.74, 6) is 0.109. The zero-order chi connectivity index (χ0) is 27.4. The first kappa shape index (κ1) is 25.5. The number of phenolic OH excluding ortho intramolecular Hbond substituents is 1. The van der Waals surface area contributed by atoms with Gasteiger partial charge in [-0.15, -0.1) is 0 Å². The van der Waals surface area contributed by atoms with Crippen molar-refractivity contribution in [1.29, 1.82) is 0 Å². The molecule has 2 N–H and O–H groups in total. The fourth-order valence-corrected chi connectivity index (χ4v) is 7.25. The van der Waals surface area contributed by atoms with Crippen LogP contribution in [-0.2, 0) is 13.0 Å². The van der Waals surface area contributed by atoms with Crippen molar-refractivity contribution in [3.8, 4) is 11.8 Å². The van der Waals surface area contributed by atoms with Crippen molar-refractivity contribution in [3.63, 3.8) is 0 Å². The Morgan fingerprint density at radius 3 is 2.60 bits per heavy atom. The van der Waals surface area contributed by atoms with Crippen LogP contribution in [0, 0.1) is 5.82 Å². The van der Waals surface area contributed by atoms with Crippen LogP contribution in [0.3, 0.4) is 0 Å². The number of anilines is 2. The van der Waals surface area contributed by atoms with E-state index in [9.17, 15) is 14.3 Å². The third-order valence-corrected chi connectivity index (χ3v) is 9.32. The number of amides is 1. The average Bonchev–Trinajstić information content (AvgIpc) is 3.57. The molecule has 4 aliphatic heterocycles. The number of phenols is 1. The zero-order valence-electron chi connectivity index (χ0n) is 23.0. The molecule has 1 aromatic heterocycles. The van der Waals surface area contributed by atoms with Crippen LogP contribution >= 0.6 is 0 Å². The summed E-state index contributed by atoms with van der Waals surface area (Å²) >= 11 is 0. The van der Waals surface area contributed by atoms with Crippen molar-refractivity contribution in [3.05, 3.63) is 46.9 Å². The Morgan fingerprint density at radius 1 is 1.12 bits per heavy atom. The van der Waals surface area contributed by atoms with E-state index in [0.717, 1.165) is 51.6 Å². The third-order valence-electron chi connectivity index (χ3n) is 9.32. The van der Waals surface area contributed by atoms with Gasteiger partial charge in [-0.3, -0.25) is 4.79 Å². The predicted octanol–water partition coefficient (Wildman–Crippen LogP) is 5.24. The average molecular weight is 546 g/mol. The number of fused-ring (bicyclic) bond motifs is 4. The predicted molar refractivity (Wildman–Crippen MR) is 152 cm³/mol. The maximum atomic E-state index is 14.9. The largest absolute Gasteiger partial charge is 0.508 e. The Hall–Kier alpha value is -3.46. The zero-order valence-corrected chi connectivity index (χ0v) is 23.0. The van der Waals surface area contributed by atoms with Gasteiger partial charge in [0.2, 0.25) is 0 Å². The van der Waals surface area contributed by atoms with Gasteiger partial charge in [0, 0.05) is 30.6 Å². The van der Waals surface area contributed by atoms with Crippen molar-refractivity contribution < 1.29 is 19.0 Å². The number of benzene rings is 2. The van der Waals surface area contributed by atoms with E-state index in [-0.39, 0.29) is 29.6 Å². The van der Waals surface area contributed by atoms with Crippen LogP contribution < -0.4 is 19.9 Å². The number of hydrogen-bond acceptors (Lipinski definition) is 7. The van der Waals surface area contributed by atoms with Gasteiger partial charge in [0.25, 0.3) is 5.91 Å². The minimum absolute atomic E-state index is 0.0151. The third kappa shape index (κ3) is 4.26. The van der Waals surface area contributed by atoms with Crippen LogP contribution in [0.5, 0.6) is 11.8 Å². The number of rotatable bonds is 6. The number of aromatic hydroxyl groups is 1. The molecule has 0 unspecified atom stereocenters. The van der Waals surface area contributed by atoms with Crippen LogP contribution in [-0.4, -0.2) is 52.3 Å².